The van der Waals surface area contributed by atoms with Gasteiger partial charge in [-0.15, -0.1) is 0 Å². The number of carbonyl (C=O) groups excluding carboxylic acids is 1. The first kappa shape index (κ1) is 14.1. The van der Waals surface area contributed by atoms with Gasteiger partial charge in [0.05, 0.1) is 18.8 Å². The molecule has 0 aromatic carbocycles. The van der Waals surface area contributed by atoms with Crippen molar-refractivity contribution in [2.45, 2.75) is 46.1 Å². The Hall–Kier alpha value is -1.36. The third kappa shape index (κ3) is 2.27. The summed E-state index contributed by atoms with van der Waals surface area (Å²) in [5.74, 6) is 0.797. The Kier molecular flexibility index (Phi) is 3.43. The van der Waals surface area contributed by atoms with Gasteiger partial charge in [0, 0.05) is 5.92 Å². The second-order valence-corrected chi connectivity index (χ2v) is 6.08. The van der Waals surface area contributed by atoms with E-state index in [1.54, 1.807) is 11.8 Å². The highest BCUT2D eigenvalue weighted by molar-refractivity contribution is 5.97. The molecule has 0 atom stereocenters. The van der Waals surface area contributed by atoms with Crippen LogP contribution in [0.1, 0.15) is 55.4 Å². The molecule has 1 aromatic rings. The van der Waals surface area contributed by atoms with Crippen LogP contribution in [-0.2, 0) is 0 Å². The lowest BCUT2D eigenvalue weighted by molar-refractivity contribution is -0.110. The predicted molar refractivity (Wildman–Crippen MR) is 71.0 cm³/mol. The molecule has 0 aliphatic carbocycles. The Bertz CT molecular complexity index is 485. The van der Waals surface area contributed by atoms with Crippen LogP contribution in [0.3, 0.4) is 0 Å². The highest BCUT2D eigenvalue weighted by atomic mass is 16.5. The van der Waals surface area contributed by atoms with Crippen molar-refractivity contribution < 1.29 is 14.4 Å². The molecule has 1 fully saturated rings. The van der Waals surface area contributed by atoms with Gasteiger partial charge in [-0.2, -0.15) is 0 Å². The van der Waals surface area contributed by atoms with Crippen molar-refractivity contribution in [1.82, 2.24) is 10.1 Å². The number of carbonyl (C=O) groups is 1. The molecule has 5 heteroatoms. The summed E-state index contributed by atoms with van der Waals surface area (Å²) < 4.78 is 5.24. The predicted octanol–water partition coefficient (Wildman–Crippen LogP) is 1.95. The van der Waals surface area contributed by atoms with Crippen LogP contribution in [0.15, 0.2) is 4.52 Å². The van der Waals surface area contributed by atoms with Crippen LogP contribution in [0.5, 0.6) is 0 Å². The van der Waals surface area contributed by atoms with E-state index in [9.17, 15) is 9.90 Å². The molecule has 2 rings (SSSR count). The van der Waals surface area contributed by atoms with Crippen LogP contribution in [0.25, 0.3) is 0 Å². The highest BCUT2D eigenvalue weighted by Gasteiger charge is 2.47. The molecule has 0 unspecified atom stereocenters. The van der Waals surface area contributed by atoms with Crippen molar-refractivity contribution >= 4 is 5.91 Å². The minimum atomic E-state index is -0.751. The molecule has 5 nitrogen and oxygen atoms in total. The number of amides is 1. The number of nitrogens with zero attached hydrogens (tertiary/aromatic N) is 2. The molecule has 1 amide bonds. The van der Waals surface area contributed by atoms with E-state index in [1.807, 2.05) is 27.7 Å². The third-order valence-corrected chi connectivity index (χ3v) is 3.92. The number of aliphatic hydroxyl groups is 1. The molecule has 1 N–H and O–H groups in total. The van der Waals surface area contributed by atoms with Gasteiger partial charge < -0.3 is 14.5 Å². The number of aryl methyl sites for hydroxylation is 1. The zero-order chi connectivity index (χ0) is 14.4. The molecule has 1 aliphatic heterocycles. The average Bonchev–Trinajstić information content (AvgIpc) is 2.65. The van der Waals surface area contributed by atoms with Crippen LogP contribution in [0.4, 0.5) is 0 Å². The fourth-order valence-corrected chi connectivity index (χ4v) is 2.32. The minimum absolute atomic E-state index is 0.0900. The summed E-state index contributed by atoms with van der Waals surface area (Å²) in [6.07, 6.45) is 0. The summed E-state index contributed by atoms with van der Waals surface area (Å²) >= 11 is 0. The molecule has 2 heterocycles. The molecule has 0 saturated carbocycles. The van der Waals surface area contributed by atoms with Crippen molar-refractivity contribution in [3.8, 4) is 0 Å². The second kappa shape index (κ2) is 4.63. The van der Waals surface area contributed by atoms with E-state index in [0.717, 1.165) is 0 Å². The number of β-amino-alcohol motifs (C(OH)–C–C–N with tert-alkyl or cyclic N) is 1. The molecule has 1 aliphatic rings. The first-order chi connectivity index (χ1) is 8.76. The van der Waals surface area contributed by atoms with Crippen molar-refractivity contribution in [3.63, 3.8) is 0 Å². The number of rotatable bonds is 3. The number of aromatic nitrogens is 1. The average molecular weight is 266 g/mol. The molecular formula is C14H22N2O3. The monoisotopic (exact) mass is 266 g/mol. The van der Waals surface area contributed by atoms with Gasteiger partial charge in [-0.05, 0) is 12.8 Å². The normalized spacial score (nSPS) is 18.0. The van der Waals surface area contributed by atoms with Crippen molar-refractivity contribution in [1.29, 1.82) is 0 Å². The zero-order valence-corrected chi connectivity index (χ0v) is 12.2. The summed E-state index contributed by atoms with van der Waals surface area (Å²) in [6.45, 7) is 10.4. The summed E-state index contributed by atoms with van der Waals surface area (Å²) in [5.41, 5.74) is 0.424. The van der Waals surface area contributed by atoms with Crippen molar-refractivity contribution in [2.75, 3.05) is 13.1 Å². The Morgan fingerprint density at radius 2 is 1.95 bits per heavy atom. The number of hydrogen-bond donors (Lipinski definition) is 1. The molecule has 0 spiro atoms. The lowest BCUT2D eigenvalue weighted by atomic mass is 9.82. The Morgan fingerprint density at radius 3 is 2.42 bits per heavy atom. The van der Waals surface area contributed by atoms with Gasteiger partial charge in [-0.1, -0.05) is 32.9 Å². The molecule has 1 saturated heterocycles. The minimum Gasteiger partial charge on any atom is -0.386 e. The van der Waals surface area contributed by atoms with Gasteiger partial charge in [-0.25, -0.2) is 0 Å². The largest absolute Gasteiger partial charge is 0.386 e. The van der Waals surface area contributed by atoms with Crippen LogP contribution >= 0.6 is 0 Å². The van der Waals surface area contributed by atoms with Crippen molar-refractivity contribution in [3.05, 3.63) is 17.0 Å². The van der Waals surface area contributed by atoms with Crippen molar-refractivity contribution in [2.24, 2.45) is 5.92 Å². The summed E-state index contributed by atoms with van der Waals surface area (Å²) in [7, 11) is 0. The van der Waals surface area contributed by atoms with E-state index in [2.05, 4.69) is 5.16 Å². The second-order valence-electron chi connectivity index (χ2n) is 6.08. The first-order valence-electron chi connectivity index (χ1n) is 6.74. The lowest BCUT2D eigenvalue weighted by Gasteiger charge is -2.49. The third-order valence-electron chi connectivity index (χ3n) is 3.92. The Labute approximate surface area is 113 Å². The van der Waals surface area contributed by atoms with E-state index in [1.165, 1.54) is 0 Å². The fraction of sp³-hybridized carbons (Fsp3) is 0.714. The fourth-order valence-electron chi connectivity index (χ4n) is 2.32. The van der Waals surface area contributed by atoms with Gasteiger partial charge in [0.25, 0.3) is 5.91 Å². The van der Waals surface area contributed by atoms with Gasteiger partial charge >= 0.3 is 0 Å². The van der Waals surface area contributed by atoms with E-state index in [4.69, 9.17) is 4.52 Å². The molecule has 1 aromatic heterocycles. The highest BCUT2D eigenvalue weighted by Crippen LogP contribution is 2.32. The smallest absolute Gasteiger partial charge is 0.259 e. The van der Waals surface area contributed by atoms with E-state index in [0.29, 0.717) is 30.1 Å². The maximum atomic E-state index is 12.5. The SMILES string of the molecule is Cc1noc(C(C)C)c1C(=O)N1CC(O)(C(C)C)C1. The first-order valence-corrected chi connectivity index (χ1v) is 6.74. The van der Waals surface area contributed by atoms with Crippen LogP contribution < -0.4 is 0 Å². The Morgan fingerprint density at radius 1 is 1.37 bits per heavy atom. The van der Waals surface area contributed by atoms with Gasteiger partial charge in [-0.3, -0.25) is 4.79 Å². The summed E-state index contributed by atoms with van der Waals surface area (Å²) in [5, 5.41) is 14.1. The van der Waals surface area contributed by atoms with E-state index >= 15 is 0 Å². The van der Waals surface area contributed by atoms with Gasteiger partial charge in [0.1, 0.15) is 11.2 Å². The zero-order valence-electron chi connectivity index (χ0n) is 12.2. The lowest BCUT2D eigenvalue weighted by Crippen LogP contribution is -2.66. The molecule has 0 bridgehead atoms. The standard InChI is InChI=1S/C14H22N2O3/c1-8(2)12-11(10(5)15-19-12)13(17)16-6-14(18,7-16)9(3)4/h8-9,18H,6-7H2,1-5H3. The quantitative estimate of drug-likeness (QED) is 0.908. The molecule has 19 heavy (non-hydrogen) atoms. The molecular weight excluding hydrogens is 244 g/mol. The molecule has 0 radical (unpaired) electrons. The summed E-state index contributed by atoms with van der Waals surface area (Å²) in [4.78, 5) is 14.1. The maximum absolute atomic E-state index is 12.5. The van der Waals surface area contributed by atoms with Gasteiger partial charge in [0.2, 0.25) is 0 Å². The van der Waals surface area contributed by atoms with Crippen LogP contribution in [-0.4, -0.2) is 39.8 Å². The van der Waals surface area contributed by atoms with Gasteiger partial charge in [0.15, 0.2) is 5.76 Å². The Balaban J connectivity index is 2.17. The van der Waals surface area contributed by atoms with Crippen LogP contribution in [0, 0.1) is 12.8 Å². The van der Waals surface area contributed by atoms with E-state index in [-0.39, 0.29) is 17.7 Å². The van der Waals surface area contributed by atoms with E-state index < -0.39 is 5.60 Å². The molecule has 106 valence electrons. The van der Waals surface area contributed by atoms with Crippen LogP contribution in [0.2, 0.25) is 0 Å². The summed E-state index contributed by atoms with van der Waals surface area (Å²) in [6, 6.07) is 0. The maximum Gasteiger partial charge on any atom is 0.259 e. The number of likely N-dealkylation sites (tertiary alicyclic amines) is 1. The number of hydrogen-bond acceptors (Lipinski definition) is 4. The topological polar surface area (TPSA) is 66.6 Å².